The van der Waals surface area contributed by atoms with Crippen LogP contribution in [-0.4, -0.2) is 5.97 Å². The topological polar surface area (TPSA) is 40.1 Å². The number of hydrogen-bond acceptors (Lipinski definition) is 2. The van der Waals surface area contributed by atoms with Gasteiger partial charge in [0.25, 0.3) is 0 Å². The summed E-state index contributed by atoms with van der Waals surface area (Å²) >= 11 is 0. The van der Waals surface area contributed by atoms with Crippen LogP contribution in [0.1, 0.15) is 96.8 Å². The van der Waals surface area contributed by atoms with Crippen molar-refractivity contribution in [1.82, 2.24) is 0 Å². The minimum atomic E-state index is -0.911. The van der Waals surface area contributed by atoms with Crippen LogP contribution in [0, 0.1) is 0 Å². The average Bonchev–Trinajstić information content (AvgIpc) is 2.43. The van der Waals surface area contributed by atoms with Crippen LogP contribution < -0.4 is 24.0 Å². The Morgan fingerprint density at radius 1 is 0.762 bits per heavy atom. The van der Waals surface area contributed by atoms with Gasteiger partial charge in [-0.1, -0.05) is 70.4 Å². The van der Waals surface area contributed by atoms with Crippen molar-refractivity contribution in [2.75, 3.05) is 0 Å². The van der Waals surface area contributed by atoms with E-state index in [1.54, 1.807) is 0 Å². The quantitative estimate of drug-likeness (QED) is 0.262. The summed E-state index contributed by atoms with van der Waals surface area (Å²) in [6.45, 7) is 2.25. The normalized spacial score (nSPS) is 10.7. The molecule has 0 unspecified atom stereocenters. The van der Waals surface area contributed by atoms with Gasteiger partial charge in [-0.25, -0.2) is 0 Å². The molecule has 0 aromatic rings. The maximum atomic E-state index is 10.2. The number of aliphatic carboxylic acids is 1. The van der Waals surface area contributed by atoms with Gasteiger partial charge < -0.3 is 9.90 Å². The smallest absolute Gasteiger partial charge is 0.550 e. The molecule has 0 aliphatic carbocycles. The molecular weight excluding hydrogens is 255 g/mol. The molecule has 0 saturated heterocycles. The fourth-order valence-corrected chi connectivity index (χ4v) is 2.34. The predicted molar refractivity (Wildman–Crippen MR) is 84.5 cm³/mol. The molecule has 0 spiro atoms. The number of carbonyl (C=O) groups is 1. The fourth-order valence-electron chi connectivity index (χ4n) is 2.34. The number of carboxylic acids is 1. The standard InChI is InChI=1S/C18H34O2.Li/c1-2-3-4-5-6-7-8-9-10-11-12-13-14-15-16-17-18(19)20;/h7-8H,2-6,9-17H2,1H3,(H,19,20);/q;+1/p-1/b8-7+;. The third-order valence-corrected chi connectivity index (χ3v) is 3.64. The van der Waals surface area contributed by atoms with Gasteiger partial charge in [0.15, 0.2) is 0 Å². The molecule has 0 N–H and O–H groups in total. The second-order valence-electron chi connectivity index (χ2n) is 5.71. The van der Waals surface area contributed by atoms with E-state index in [-0.39, 0.29) is 25.3 Å². The summed E-state index contributed by atoms with van der Waals surface area (Å²) in [7, 11) is 0. The largest absolute Gasteiger partial charge is 1.00 e. The number of allylic oxidation sites excluding steroid dienone is 2. The number of carboxylic acid groups (broad SMARTS) is 1. The molecule has 0 aromatic heterocycles. The van der Waals surface area contributed by atoms with E-state index in [4.69, 9.17) is 0 Å². The molecule has 0 amide bonds. The van der Waals surface area contributed by atoms with Gasteiger partial charge in [-0.2, -0.15) is 0 Å². The van der Waals surface area contributed by atoms with Crippen molar-refractivity contribution in [3.63, 3.8) is 0 Å². The summed E-state index contributed by atoms with van der Waals surface area (Å²) in [4.78, 5) is 10.2. The molecule has 0 heterocycles. The maximum Gasteiger partial charge on any atom is 1.00 e. The zero-order chi connectivity index (χ0) is 14.9. The maximum absolute atomic E-state index is 10.2. The zero-order valence-corrected chi connectivity index (χ0v) is 14.4. The van der Waals surface area contributed by atoms with Gasteiger partial charge in [-0.3, -0.25) is 0 Å². The zero-order valence-electron chi connectivity index (χ0n) is 14.4. The van der Waals surface area contributed by atoms with Crippen molar-refractivity contribution in [2.24, 2.45) is 0 Å². The van der Waals surface area contributed by atoms with Crippen LogP contribution in [0.2, 0.25) is 0 Å². The molecule has 21 heavy (non-hydrogen) atoms. The molecule has 0 aliphatic heterocycles. The first-order valence-corrected chi connectivity index (χ1v) is 8.62. The minimum Gasteiger partial charge on any atom is -0.550 e. The number of unbranched alkanes of at least 4 members (excludes halogenated alkanes) is 11. The summed E-state index contributed by atoms with van der Waals surface area (Å²) < 4.78 is 0. The molecule has 0 rings (SSSR count). The summed E-state index contributed by atoms with van der Waals surface area (Å²) in [5, 5.41) is 10.2. The van der Waals surface area contributed by atoms with Crippen LogP contribution in [-0.2, 0) is 4.79 Å². The van der Waals surface area contributed by atoms with Crippen LogP contribution in [0.4, 0.5) is 0 Å². The second-order valence-corrected chi connectivity index (χ2v) is 5.71. The Kier molecular flexibility index (Phi) is 21.8. The van der Waals surface area contributed by atoms with Gasteiger partial charge in [0.05, 0.1) is 0 Å². The van der Waals surface area contributed by atoms with E-state index < -0.39 is 5.97 Å². The first kappa shape index (κ1) is 23.1. The van der Waals surface area contributed by atoms with Gasteiger partial charge in [-0.05, 0) is 38.5 Å². The van der Waals surface area contributed by atoms with Gasteiger partial charge >= 0.3 is 18.9 Å². The summed E-state index contributed by atoms with van der Waals surface area (Å²) in [5.41, 5.74) is 0. The van der Waals surface area contributed by atoms with E-state index in [0.717, 1.165) is 12.8 Å². The molecule has 0 bridgehead atoms. The monoisotopic (exact) mass is 288 g/mol. The van der Waals surface area contributed by atoms with Crippen LogP contribution in [0.15, 0.2) is 12.2 Å². The third-order valence-electron chi connectivity index (χ3n) is 3.64. The van der Waals surface area contributed by atoms with Crippen LogP contribution >= 0.6 is 0 Å². The Bertz CT molecular complexity index is 239. The van der Waals surface area contributed by atoms with E-state index in [0.29, 0.717) is 0 Å². The van der Waals surface area contributed by atoms with Crippen molar-refractivity contribution in [1.29, 1.82) is 0 Å². The Morgan fingerprint density at radius 3 is 1.67 bits per heavy atom. The van der Waals surface area contributed by atoms with Crippen molar-refractivity contribution in [3.8, 4) is 0 Å². The molecule has 118 valence electrons. The fraction of sp³-hybridized carbons (Fsp3) is 0.833. The van der Waals surface area contributed by atoms with Gasteiger partial charge in [0.1, 0.15) is 0 Å². The van der Waals surface area contributed by atoms with Crippen LogP contribution in [0.5, 0.6) is 0 Å². The SMILES string of the molecule is CCCCCC/C=C/CCCCCCCCCC(=O)[O-].[Li+]. The van der Waals surface area contributed by atoms with Crippen LogP contribution in [0.3, 0.4) is 0 Å². The Hall–Kier alpha value is -0.193. The predicted octanol–water partition coefficient (Wildman–Crippen LogP) is 1.78. The van der Waals surface area contributed by atoms with E-state index in [1.807, 2.05) is 0 Å². The van der Waals surface area contributed by atoms with Gasteiger partial charge in [0, 0.05) is 5.97 Å². The van der Waals surface area contributed by atoms with E-state index in [2.05, 4.69) is 19.1 Å². The summed E-state index contributed by atoms with van der Waals surface area (Å²) in [5.74, 6) is -0.911. The molecule has 0 aliphatic rings. The van der Waals surface area contributed by atoms with Crippen molar-refractivity contribution < 1.29 is 28.8 Å². The van der Waals surface area contributed by atoms with Crippen molar-refractivity contribution in [3.05, 3.63) is 12.2 Å². The number of rotatable bonds is 15. The molecule has 0 saturated carbocycles. The Labute approximate surface area is 144 Å². The van der Waals surface area contributed by atoms with Gasteiger partial charge in [0.2, 0.25) is 0 Å². The van der Waals surface area contributed by atoms with E-state index in [9.17, 15) is 9.90 Å². The molecular formula is C18H33LiO2. The molecule has 3 heteroatoms. The Balaban J connectivity index is 0. The molecule has 2 nitrogen and oxygen atoms in total. The number of carbonyl (C=O) groups excluding carboxylic acids is 1. The van der Waals surface area contributed by atoms with Crippen LogP contribution in [0.25, 0.3) is 0 Å². The first-order valence-electron chi connectivity index (χ1n) is 8.62. The third kappa shape index (κ3) is 22.2. The molecule has 0 atom stereocenters. The van der Waals surface area contributed by atoms with E-state index >= 15 is 0 Å². The number of hydrogen-bond donors (Lipinski definition) is 0. The molecule has 0 radical (unpaired) electrons. The molecule has 0 fully saturated rings. The first-order chi connectivity index (χ1) is 9.77. The van der Waals surface area contributed by atoms with Crippen molar-refractivity contribution >= 4 is 5.97 Å². The second kappa shape index (κ2) is 19.8. The summed E-state index contributed by atoms with van der Waals surface area (Å²) in [6.07, 6.45) is 20.9. The minimum absolute atomic E-state index is 0. The van der Waals surface area contributed by atoms with Crippen molar-refractivity contribution in [2.45, 2.75) is 96.8 Å². The van der Waals surface area contributed by atoms with Gasteiger partial charge in [-0.15, -0.1) is 0 Å². The average molecular weight is 288 g/mol. The Morgan fingerprint density at radius 2 is 1.19 bits per heavy atom. The summed E-state index contributed by atoms with van der Waals surface area (Å²) in [6, 6.07) is 0. The molecule has 0 aromatic carbocycles. The van der Waals surface area contributed by atoms with E-state index in [1.165, 1.54) is 70.6 Å².